The smallest absolute Gasteiger partial charge is 0.268 e. The van der Waals surface area contributed by atoms with Crippen molar-refractivity contribution < 1.29 is 14.4 Å². The predicted octanol–water partition coefficient (Wildman–Crippen LogP) is 3.80. The van der Waals surface area contributed by atoms with Gasteiger partial charge in [0, 0.05) is 23.9 Å². The molecule has 0 radical (unpaired) electrons. The van der Waals surface area contributed by atoms with Gasteiger partial charge in [0.25, 0.3) is 5.91 Å². The maximum absolute atomic E-state index is 13.0. The number of carbonyl (C=O) groups excluding carboxylic acids is 3. The van der Waals surface area contributed by atoms with Crippen LogP contribution in [0.4, 0.5) is 5.69 Å². The molecule has 2 heterocycles. The number of aromatic nitrogens is 2. The minimum Gasteiger partial charge on any atom is -0.354 e. The number of nitrogens with zero attached hydrogens (tertiary/aromatic N) is 1. The fraction of sp³-hybridized carbons (Fsp3) is 0.478. The third-order valence-corrected chi connectivity index (χ3v) is 5.53. The average Bonchev–Trinajstić information content (AvgIpc) is 3.01. The van der Waals surface area contributed by atoms with Crippen molar-refractivity contribution in [1.29, 1.82) is 0 Å². The third kappa shape index (κ3) is 4.78. The van der Waals surface area contributed by atoms with E-state index in [2.05, 4.69) is 20.6 Å². The molecule has 0 aliphatic heterocycles. The van der Waals surface area contributed by atoms with Gasteiger partial charge in [-0.15, -0.1) is 0 Å². The molecular formula is C23H30N4O3. The van der Waals surface area contributed by atoms with E-state index in [1.807, 2.05) is 20.8 Å². The van der Waals surface area contributed by atoms with Crippen molar-refractivity contribution >= 4 is 23.3 Å². The van der Waals surface area contributed by atoms with Gasteiger partial charge < -0.3 is 15.6 Å². The van der Waals surface area contributed by atoms with Crippen LogP contribution in [-0.2, 0) is 11.2 Å². The van der Waals surface area contributed by atoms with Gasteiger partial charge in [-0.3, -0.25) is 19.4 Å². The predicted molar refractivity (Wildman–Crippen MR) is 116 cm³/mol. The van der Waals surface area contributed by atoms with Crippen molar-refractivity contribution in [3.8, 4) is 0 Å². The van der Waals surface area contributed by atoms with Gasteiger partial charge in [0.05, 0.1) is 11.9 Å². The highest BCUT2D eigenvalue weighted by Gasteiger charge is 2.35. The van der Waals surface area contributed by atoms with Crippen molar-refractivity contribution in [2.45, 2.75) is 65.8 Å². The molecule has 2 aromatic rings. The lowest BCUT2D eigenvalue weighted by Crippen LogP contribution is -2.44. The molecule has 2 amide bonds. The second-order valence-electron chi connectivity index (χ2n) is 8.82. The van der Waals surface area contributed by atoms with Crippen LogP contribution in [0, 0.1) is 12.3 Å². The number of rotatable bonds is 7. The zero-order chi connectivity index (χ0) is 21.9. The number of ketones is 1. The van der Waals surface area contributed by atoms with Gasteiger partial charge >= 0.3 is 0 Å². The molecule has 1 aliphatic rings. The van der Waals surface area contributed by atoms with Crippen LogP contribution in [0.1, 0.15) is 78.6 Å². The van der Waals surface area contributed by atoms with Gasteiger partial charge in [-0.05, 0) is 42.9 Å². The Morgan fingerprint density at radius 3 is 2.73 bits per heavy atom. The minimum atomic E-state index is -0.676. The number of aromatic amines is 1. The first-order valence-electron chi connectivity index (χ1n) is 10.5. The molecule has 2 aromatic heterocycles. The quantitative estimate of drug-likeness (QED) is 0.646. The molecule has 160 valence electrons. The summed E-state index contributed by atoms with van der Waals surface area (Å²) < 4.78 is 0. The number of fused-ring (bicyclic) bond motifs is 1. The van der Waals surface area contributed by atoms with Gasteiger partial charge in [-0.1, -0.05) is 33.6 Å². The van der Waals surface area contributed by atoms with E-state index in [9.17, 15) is 14.4 Å². The molecule has 0 fully saturated rings. The fourth-order valence-corrected chi connectivity index (χ4v) is 4.03. The van der Waals surface area contributed by atoms with Crippen LogP contribution in [0.5, 0.6) is 0 Å². The molecule has 1 aliphatic carbocycles. The lowest BCUT2D eigenvalue weighted by Gasteiger charge is -2.28. The van der Waals surface area contributed by atoms with Crippen LogP contribution in [-0.4, -0.2) is 33.6 Å². The van der Waals surface area contributed by atoms with E-state index < -0.39 is 6.04 Å². The van der Waals surface area contributed by atoms with Crippen molar-refractivity contribution in [2.24, 2.45) is 5.41 Å². The maximum Gasteiger partial charge on any atom is 0.268 e. The molecule has 30 heavy (non-hydrogen) atoms. The summed E-state index contributed by atoms with van der Waals surface area (Å²) in [6, 6.07) is 2.81. The summed E-state index contributed by atoms with van der Waals surface area (Å²) in [6.07, 6.45) is 6.61. The van der Waals surface area contributed by atoms with E-state index in [0.29, 0.717) is 41.8 Å². The number of pyridine rings is 1. The number of nitrogens with one attached hydrogen (secondary N) is 3. The van der Waals surface area contributed by atoms with Gasteiger partial charge in [0.2, 0.25) is 5.91 Å². The maximum atomic E-state index is 13.0. The molecule has 1 atom stereocenters. The lowest BCUT2D eigenvalue weighted by atomic mass is 9.75. The number of unbranched alkanes of at least 4 members (excludes halogenated alkanes) is 1. The Bertz CT molecular complexity index is 947. The molecule has 3 rings (SSSR count). The molecule has 0 aromatic carbocycles. The summed E-state index contributed by atoms with van der Waals surface area (Å²) >= 11 is 0. The van der Waals surface area contributed by atoms with Crippen molar-refractivity contribution in [3.05, 3.63) is 47.0 Å². The summed E-state index contributed by atoms with van der Waals surface area (Å²) in [4.78, 5) is 45.6. The first-order chi connectivity index (χ1) is 14.2. The minimum absolute atomic E-state index is 0.0610. The monoisotopic (exact) mass is 410 g/mol. The zero-order valence-electron chi connectivity index (χ0n) is 18.1. The number of anilines is 1. The summed E-state index contributed by atoms with van der Waals surface area (Å²) in [5.41, 5.74) is 2.90. The summed E-state index contributed by atoms with van der Waals surface area (Å²) in [6.45, 7) is 7.92. The van der Waals surface area contributed by atoms with E-state index in [1.54, 1.807) is 31.5 Å². The number of carbonyl (C=O) groups is 3. The summed E-state index contributed by atoms with van der Waals surface area (Å²) in [5.74, 6) is -0.586. The Kier molecular flexibility index (Phi) is 6.39. The first-order valence-corrected chi connectivity index (χ1v) is 10.5. The second-order valence-corrected chi connectivity index (χ2v) is 8.82. The summed E-state index contributed by atoms with van der Waals surface area (Å²) in [7, 11) is 0. The highest BCUT2D eigenvalue weighted by Crippen LogP contribution is 2.36. The Morgan fingerprint density at radius 1 is 1.30 bits per heavy atom. The molecule has 7 heteroatoms. The molecule has 7 nitrogen and oxygen atoms in total. The van der Waals surface area contributed by atoms with Crippen LogP contribution in [0.2, 0.25) is 0 Å². The Balaban J connectivity index is 1.79. The molecule has 0 saturated heterocycles. The average molecular weight is 411 g/mol. The molecule has 0 saturated carbocycles. The first kappa shape index (κ1) is 21.7. The van der Waals surface area contributed by atoms with Crippen LogP contribution < -0.4 is 10.6 Å². The van der Waals surface area contributed by atoms with E-state index in [0.717, 1.165) is 18.5 Å². The normalized spacial score (nSPS) is 15.9. The Morgan fingerprint density at radius 2 is 2.07 bits per heavy atom. The van der Waals surface area contributed by atoms with Crippen LogP contribution in [0.3, 0.4) is 0 Å². The lowest BCUT2D eigenvalue weighted by molar-refractivity contribution is -0.118. The highest BCUT2D eigenvalue weighted by atomic mass is 16.2. The zero-order valence-corrected chi connectivity index (χ0v) is 18.1. The molecule has 3 N–H and O–H groups in total. The highest BCUT2D eigenvalue weighted by molar-refractivity contribution is 6.06. The largest absolute Gasteiger partial charge is 0.354 e. The van der Waals surface area contributed by atoms with Crippen LogP contribution in [0.25, 0.3) is 0 Å². The number of hydrogen-bond acceptors (Lipinski definition) is 4. The number of Topliss-reactive ketones (excluding diaryl/α,β-unsaturated/α-hetero) is 1. The van der Waals surface area contributed by atoms with Gasteiger partial charge in [-0.2, -0.15) is 0 Å². The molecule has 1 unspecified atom stereocenters. The van der Waals surface area contributed by atoms with E-state index in [-0.39, 0.29) is 23.0 Å². The second kappa shape index (κ2) is 8.81. The van der Waals surface area contributed by atoms with E-state index in [1.165, 1.54) is 0 Å². The number of amides is 2. The number of hydrogen-bond donors (Lipinski definition) is 3. The van der Waals surface area contributed by atoms with Gasteiger partial charge in [0.15, 0.2) is 5.78 Å². The SMILES string of the molecule is CCCCC(NC(=O)c1[nH]c2c(c1C)C(=O)CC(C)(C)C2)C(=O)Nc1cccnc1. The van der Waals surface area contributed by atoms with Crippen molar-refractivity contribution in [3.63, 3.8) is 0 Å². The fourth-order valence-electron chi connectivity index (χ4n) is 4.03. The standard InChI is InChI=1S/C23H30N4O3/c1-5-6-9-16(21(29)25-15-8-7-10-24-13-15)27-22(30)20-14(2)19-17(26-20)11-23(3,4)12-18(19)28/h7-8,10,13,16,26H,5-6,9,11-12H2,1-4H3,(H,25,29)(H,27,30). The van der Waals surface area contributed by atoms with Crippen LogP contribution in [0.15, 0.2) is 24.5 Å². The number of H-pyrrole nitrogens is 1. The van der Waals surface area contributed by atoms with Crippen LogP contribution >= 0.6 is 0 Å². The van der Waals surface area contributed by atoms with E-state index >= 15 is 0 Å². The van der Waals surface area contributed by atoms with Gasteiger partial charge in [0.1, 0.15) is 11.7 Å². The Labute approximate surface area is 177 Å². The molecule has 0 spiro atoms. The van der Waals surface area contributed by atoms with Gasteiger partial charge in [-0.25, -0.2) is 0 Å². The topological polar surface area (TPSA) is 104 Å². The van der Waals surface area contributed by atoms with E-state index in [4.69, 9.17) is 0 Å². The third-order valence-electron chi connectivity index (χ3n) is 5.53. The molecular weight excluding hydrogens is 380 g/mol. The van der Waals surface area contributed by atoms with Crippen molar-refractivity contribution in [2.75, 3.05) is 5.32 Å². The molecule has 0 bridgehead atoms. The Hall–Kier alpha value is -2.96. The summed E-state index contributed by atoms with van der Waals surface area (Å²) in [5, 5.41) is 5.67. The van der Waals surface area contributed by atoms with Crippen molar-refractivity contribution in [1.82, 2.24) is 15.3 Å².